The van der Waals surface area contributed by atoms with Crippen molar-refractivity contribution in [2.75, 3.05) is 6.54 Å². The van der Waals surface area contributed by atoms with Gasteiger partial charge in [-0.1, -0.05) is 51.8 Å². The second kappa shape index (κ2) is 5.64. The third-order valence-electron chi connectivity index (χ3n) is 4.31. The molecule has 1 nitrogen and oxygen atoms in total. The van der Waals surface area contributed by atoms with Gasteiger partial charge in [-0.3, -0.25) is 0 Å². The summed E-state index contributed by atoms with van der Waals surface area (Å²) in [5.74, 6) is 0.783. The molecule has 1 N–H and O–H groups in total. The Kier molecular flexibility index (Phi) is 4.56. The van der Waals surface area contributed by atoms with Gasteiger partial charge in [0, 0.05) is 21.5 Å². The Morgan fingerprint density at radius 3 is 2.39 bits per heavy atom. The molecule has 0 radical (unpaired) electrons. The van der Waals surface area contributed by atoms with Crippen LogP contribution in [0.25, 0.3) is 0 Å². The lowest BCUT2D eigenvalue weighted by molar-refractivity contribution is 0.325. The molecule has 0 bridgehead atoms. The van der Waals surface area contributed by atoms with Crippen LogP contribution in [0.4, 0.5) is 0 Å². The Morgan fingerprint density at radius 2 is 1.89 bits per heavy atom. The van der Waals surface area contributed by atoms with E-state index in [0.717, 1.165) is 16.9 Å². The molecule has 1 aliphatic rings. The zero-order valence-electron chi connectivity index (χ0n) is 11.3. The molecule has 2 rings (SSSR count). The van der Waals surface area contributed by atoms with Gasteiger partial charge < -0.3 is 5.32 Å². The normalized spacial score (nSPS) is 19.0. The number of hydrogen-bond donors (Lipinski definition) is 1. The van der Waals surface area contributed by atoms with Gasteiger partial charge in [0.15, 0.2) is 0 Å². The van der Waals surface area contributed by atoms with Crippen molar-refractivity contribution in [3.05, 3.63) is 32.7 Å². The summed E-state index contributed by atoms with van der Waals surface area (Å²) in [4.78, 5) is 0. The average molecular weight is 375 g/mol. The molecule has 0 heterocycles. The predicted molar refractivity (Wildman–Crippen MR) is 84.8 cm³/mol. The number of hydrogen-bond acceptors (Lipinski definition) is 1. The lowest BCUT2D eigenvalue weighted by Crippen LogP contribution is -2.29. The molecule has 1 aromatic carbocycles. The predicted octanol–water partition coefficient (Wildman–Crippen LogP) is 5.30. The Labute approximate surface area is 127 Å². The molecule has 1 fully saturated rings. The highest BCUT2D eigenvalue weighted by Crippen LogP contribution is 2.51. The Bertz CT molecular complexity index is 425. The summed E-state index contributed by atoms with van der Waals surface area (Å²) in [7, 11) is 0. The van der Waals surface area contributed by atoms with Gasteiger partial charge in [-0.2, -0.15) is 0 Å². The maximum Gasteiger partial charge on any atom is 0.0303 e. The van der Waals surface area contributed by atoms with Crippen LogP contribution in [-0.2, 0) is 0 Å². The van der Waals surface area contributed by atoms with Crippen molar-refractivity contribution in [1.29, 1.82) is 0 Å². The van der Waals surface area contributed by atoms with E-state index in [1.54, 1.807) is 0 Å². The van der Waals surface area contributed by atoms with Crippen molar-refractivity contribution in [3.63, 3.8) is 0 Å². The fourth-order valence-corrected chi connectivity index (χ4v) is 3.83. The molecule has 0 amide bonds. The molecule has 0 aromatic heterocycles. The molecular formula is C15H21Br2N. The SMILES string of the molecule is CC(NCC1(C(C)C)CC1)c1ccc(Br)cc1Br. The van der Waals surface area contributed by atoms with Gasteiger partial charge in [-0.15, -0.1) is 0 Å². The van der Waals surface area contributed by atoms with Gasteiger partial charge in [-0.05, 0) is 48.8 Å². The van der Waals surface area contributed by atoms with Crippen LogP contribution in [0, 0.1) is 11.3 Å². The van der Waals surface area contributed by atoms with E-state index >= 15 is 0 Å². The lowest BCUT2D eigenvalue weighted by atomic mass is 9.92. The highest BCUT2D eigenvalue weighted by atomic mass is 79.9. The molecule has 3 heteroatoms. The van der Waals surface area contributed by atoms with Crippen LogP contribution in [0.5, 0.6) is 0 Å². The van der Waals surface area contributed by atoms with Gasteiger partial charge in [0.25, 0.3) is 0 Å². The molecule has 0 spiro atoms. The molecular weight excluding hydrogens is 354 g/mol. The fraction of sp³-hybridized carbons (Fsp3) is 0.600. The minimum Gasteiger partial charge on any atom is -0.310 e. The minimum atomic E-state index is 0.392. The van der Waals surface area contributed by atoms with Gasteiger partial charge in [0.1, 0.15) is 0 Å². The summed E-state index contributed by atoms with van der Waals surface area (Å²) in [5, 5.41) is 3.70. The van der Waals surface area contributed by atoms with Crippen molar-refractivity contribution in [1.82, 2.24) is 5.32 Å². The molecule has 18 heavy (non-hydrogen) atoms. The highest BCUT2D eigenvalue weighted by Gasteiger charge is 2.44. The summed E-state index contributed by atoms with van der Waals surface area (Å²) < 4.78 is 2.29. The molecule has 1 unspecified atom stereocenters. The standard InChI is InChI=1S/C15H21Br2N/c1-10(2)15(6-7-15)9-18-11(3)13-5-4-12(16)8-14(13)17/h4-5,8,10-11,18H,6-7,9H2,1-3H3. The van der Waals surface area contributed by atoms with Crippen LogP contribution >= 0.6 is 31.9 Å². The van der Waals surface area contributed by atoms with Crippen LogP contribution < -0.4 is 5.32 Å². The van der Waals surface area contributed by atoms with Crippen LogP contribution in [-0.4, -0.2) is 6.54 Å². The zero-order chi connectivity index (χ0) is 13.3. The molecule has 1 saturated carbocycles. The van der Waals surface area contributed by atoms with Crippen LogP contribution in [0.1, 0.15) is 45.2 Å². The summed E-state index contributed by atoms with van der Waals surface area (Å²) in [6.07, 6.45) is 2.76. The maximum absolute atomic E-state index is 3.70. The maximum atomic E-state index is 3.70. The van der Waals surface area contributed by atoms with Gasteiger partial charge in [0.05, 0.1) is 0 Å². The van der Waals surface area contributed by atoms with Crippen molar-refractivity contribution in [3.8, 4) is 0 Å². The first kappa shape index (κ1) is 14.5. The number of rotatable bonds is 5. The summed E-state index contributed by atoms with van der Waals surface area (Å²) in [6.45, 7) is 8.06. The van der Waals surface area contributed by atoms with Crippen molar-refractivity contribution < 1.29 is 0 Å². The van der Waals surface area contributed by atoms with E-state index in [9.17, 15) is 0 Å². The second-order valence-corrected chi connectivity index (χ2v) is 7.56. The summed E-state index contributed by atoms with van der Waals surface area (Å²) >= 11 is 7.14. The number of benzene rings is 1. The van der Waals surface area contributed by atoms with E-state index in [1.165, 1.54) is 22.9 Å². The molecule has 0 saturated heterocycles. The first-order chi connectivity index (χ1) is 8.44. The first-order valence-corrected chi connectivity index (χ1v) is 8.21. The lowest BCUT2D eigenvalue weighted by Gasteiger charge is -2.24. The van der Waals surface area contributed by atoms with Gasteiger partial charge in [0.2, 0.25) is 0 Å². The van der Waals surface area contributed by atoms with E-state index in [1.807, 2.05) is 0 Å². The third kappa shape index (κ3) is 3.17. The third-order valence-corrected chi connectivity index (χ3v) is 5.49. The van der Waals surface area contributed by atoms with Crippen molar-refractivity contribution >= 4 is 31.9 Å². The summed E-state index contributed by atoms with van der Waals surface area (Å²) in [5.41, 5.74) is 1.90. The topological polar surface area (TPSA) is 12.0 Å². The minimum absolute atomic E-state index is 0.392. The van der Waals surface area contributed by atoms with Crippen LogP contribution in [0.3, 0.4) is 0 Å². The number of halogens is 2. The van der Waals surface area contributed by atoms with Crippen molar-refractivity contribution in [2.45, 2.75) is 39.7 Å². The van der Waals surface area contributed by atoms with Crippen LogP contribution in [0.15, 0.2) is 27.1 Å². The first-order valence-electron chi connectivity index (χ1n) is 6.63. The fourth-order valence-electron chi connectivity index (χ4n) is 2.44. The molecule has 1 aliphatic carbocycles. The highest BCUT2D eigenvalue weighted by molar-refractivity contribution is 9.11. The quantitative estimate of drug-likeness (QED) is 0.737. The Morgan fingerprint density at radius 1 is 1.22 bits per heavy atom. The van der Waals surface area contributed by atoms with E-state index in [4.69, 9.17) is 0 Å². The zero-order valence-corrected chi connectivity index (χ0v) is 14.4. The Balaban J connectivity index is 1.98. The van der Waals surface area contributed by atoms with E-state index < -0.39 is 0 Å². The molecule has 1 aromatic rings. The second-order valence-electron chi connectivity index (χ2n) is 5.79. The average Bonchev–Trinajstić information content (AvgIpc) is 3.07. The number of nitrogens with one attached hydrogen (secondary N) is 1. The molecule has 0 aliphatic heterocycles. The van der Waals surface area contributed by atoms with Crippen LogP contribution in [0.2, 0.25) is 0 Å². The van der Waals surface area contributed by atoms with Crippen molar-refractivity contribution in [2.24, 2.45) is 11.3 Å². The smallest absolute Gasteiger partial charge is 0.0303 e. The molecule has 1 atom stereocenters. The monoisotopic (exact) mass is 373 g/mol. The van der Waals surface area contributed by atoms with E-state index in [2.05, 4.69) is 76.1 Å². The van der Waals surface area contributed by atoms with E-state index in [0.29, 0.717) is 11.5 Å². The van der Waals surface area contributed by atoms with Gasteiger partial charge >= 0.3 is 0 Å². The Hall–Kier alpha value is 0.140. The van der Waals surface area contributed by atoms with Gasteiger partial charge in [-0.25, -0.2) is 0 Å². The molecule has 100 valence electrons. The largest absolute Gasteiger partial charge is 0.310 e. The van der Waals surface area contributed by atoms with E-state index in [-0.39, 0.29) is 0 Å². The summed E-state index contributed by atoms with van der Waals surface area (Å²) in [6, 6.07) is 6.79.